The lowest BCUT2D eigenvalue weighted by Crippen LogP contribution is -2.29. The van der Waals surface area contributed by atoms with Crippen molar-refractivity contribution >= 4 is 21.1 Å². The second kappa shape index (κ2) is 10.4. The Morgan fingerprint density at radius 1 is 0.900 bits per heavy atom. The summed E-state index contributed by atoms with van der Waals surface area (Å²) in [7, 11) is -0.769. The van der Waals surface area contributed by atoms with Gasteiger partial charge < -0.3 is 14.8 Å². The van der Waals surface area contributed by atoms with Crippen LogP contribution < -0.4 is 14.8 Å². The van der Waals surface area contributed by atoms with E-state index in [1.807, 2.05) is 29.9 Å². The molecule has 40 heavy (non-hydrogen) atoms. The summed E-state index contributed by atoms with van der Waals surface area (Å²) in [6.07, 6.45) is 8.90. The first-order valence-corrected chi connectivity index (χ1v) is 14.5. The molecule has 0 radical (unpaired) electrons. The molecule has 6 rings (SSSR count). The molecule has 0 unspecified atom stereocenters. The molecule has 206 valence electrons. The van der Waals surface area contributed by atoms with Crippen molar-refractivity contribution < 1.29 is 17.9 Å². The van der Waals surface area contributed by atoms with E-state index in [0.29, 0.717) is 28.4 Å². The third-order valence-electron chi connectivity index (χ3n) is 7.33. The Morgan fingerprint density at radius 2 is 1.65 bits per heavy atom. The average Bonchev–Trinajstić information content (AvgIpc) is 3.60. The van der Waals surface area contributed by atoms with Crippen LogP contribution in [0.2, 0.25) is 0 Å². The third kappa shape index (κ3) is 4.61. The maximum atomic E-state index is 13.8. The van der Waals surface area contributed by atoms with E-state index in [1.165, 1.54) is 3.97 Å². The van der Waals surface area contributed by atoms with Gasteiger partial charge in [-0.25, -0.2) is 22.4 Å². The first-order valence-electron chi connectivity index (χ1n) is 13.1. The summed E-state index contributed by atoms with van der Waals surface area (Å²) in [5.41, 5.74) is 4.28. The third-order valence-corrected chi connectivity index (χ3v) is 9.00. The Hall–Kier alpha value is -4.22. The zero-order chi connectivity index (χ0) is 27.9. The molecule has 0 aliphatic carbocycles. The summed E-state index contributed by atoms with van der Waals surface area (Å²) >= 11 is 0. The van der Waals surface area contributed by atoms with Gasteiger partial charge in [0.2, 0.25) is 11.8 Å². The van der Waals surface area contributed by atoms with Crippen molar-refractivity contribution in [2.24, 2.45) is 0 Å². The lowest BCUT2D eigenvalue weighted by atomic mass is 10.0. The molecule has 0 amide bonds. The van der Waals surface area contributed by atoms with Gasteiger partial charge in [0, 0.05) is 52.9 Å². The second-order valence-electron chi connectivity index (χ2n) is 9.85. The highest BCUT2D eigenvalue weighted by atomic mass is 32.2. The number of nitrogens with zero attached hydrogens (tertiary/aromatic N) is 5. The molecule has 0 bridgehead atoms. The monoisotopic (exact) mass is 558 g/mol. The molecule has 1 saturated heterocycles. The van der Waals surface area contributed by atoms with Crippen molar-refractivity contribution in [3.63, 3.8) is 0 Å². The van der Waals surface area contributed by atoms with E-state index in [0.717, 1.165) is 48.2 Å². The lowest BCUT2D eigenvalue weighted by Gasteiger charge is -2.22. The number of hydrogen-bond donors (Lipinski definition) is 1. The molecule has 1 fully saturated rings. The zero-order valence-corrected chi connectivity index (χ0v) is 23.4. The number of benzene rings is 1. The lowest BCUT2D eigenvalue weighted by molar-refractivity contribution is 0.327. The van der Waals surface area contributed by atoms with Crippen LogP contribution in [-0.2, 0) is 10.0 Å². The fourth-order valence-corrected chi connectivity index (χ4v) is 6.43. The predicted molar refractivity (Wildman–Crippen MR) is 152 cm³/mol. The minimum atomic E-state index is -3.92. The molecule has 10 nitrogen and oxygen atoms in total. The van der Waals surface area contributed by atoms with E-state index >= 15 is 0 Å². The van der Waals surface area contributed by atoms with Crippen LogP contribution in [0.15, 0.2) is 72.1 Å². The van der Waals surface area contributed by atoms with Gasteiger partial charge in [0.25, 0.3) is 10.0 Å². The van der Waals surface area contributed by atoms with E-state index in [4.69, 9.17) is 14.6 Å². The molecular weight excluding hydrogens is 528 g/mol. The highest BCUT2D eigenvalue weighted by molar-refractivity contribution is 7.90. The molecule has 4 aromatic heterocycles. The van der Waals surface area contributed by atoms with E-state index in [-0.39, 0.29) is 10.9 Å². The minimum Gasteiger partial charge on any atom is -0.481 e. The summed E-state index contributed by atoms with van der Waals surface area (Å²) in [6, 6.07) is 12.6. The van der Waals surface area contributed by atoms with Crippen molar-refractivity contribution in [2.75, 3.05) is 27.3 Å². The van der Waals surface area contributed by atoms with Crippen LogP contribution in [0.3, 0.4) is 0 Å². The Labute approximate surface area is 232 Å². The van der Waals surface area contributed by atoms with Gasteiger partial charge in [-0.2, -0.15) is 0 Å². The highest BCUT2D eigenvalue weighted by Gasteiger charge is 2.25. The summed E-state index contributed by atoms with van der Waals surface area (Å²) in [6.45, 7) is 3.80. The molecule has 1 N–H and O–H groups in total. The molecule has 5 heterocycles. The molecule has 1 aliphatic rings. The maximum Gasteiger partial charge on any atom is 0.269 e. The van der Waals surface area contributed by atoms with Crippen LogP contribution in [0.5, 0.6) is 11.8 Å². The standard InChI is InChI=1S/C29H30N6O4S/c1-19-4-7-23(8-5-19)40(36,37)35-18-25(20-6-9-27(38-2)31-15-20)24-14-21(16-32-28(24)35)26-17-34(33-29(26)39-3)22-10-12-30-13-11-22/h4-9,14-18,22,30H,10-13H2,1-3H3. The predicted octanol–water partition coefficient (Wildman–Crippen LogP) is 4.45. The largest absolute Gasteiger partial charge is 0.481 e. The number of hydrogen-bond acceptors (Lipinski definition) is 8. The summed E-state index contributed by atoms with van der Waals surface area (Å²) < 4.78 is 41.7. The number of fused-ring (bicyclic) bond motifs is 1. The molecule has 0 saturated carbocycles. The van der Waals surface area contributed by atoms with Crippen LogP contribution in [-0.4, -0.2) is 59.4 Å². The Kier molecular flexibility index (Phi) is 6.77. The van der Waals surface area contributed by atoms with Crippen molar-refractivity contribution in [3.05, 3.63) is 72.8 Å². The van der Waals surface area contributed by atoms with Crippen LogP contribution in [0.4, 0.5) is 0 Å². The van der Waals surface area contributed by atoms with E-state index < -0.39 is 10.0 Å². The van der Waals surface area contributed by atoms with Crippen molar-refractivity contribution in [2.45, 2.75) is 30.7 Å². The van der Waals surface area contributed by atoms with E-state index in [2.05, 4.69) is 15.3 Å². The molecule has 1 aliphatic heterocycles. The molecule has 5 aromatic rings. The smallest absolute Gasteiger partial charge is 0.269 e. The fraction of sp³-hybridized carbons (Fsp3) is 0.276. The van der Waals surface area contributed by atoms with Crippen molar-refractivity contribution in [1.29, 1.82) is 0 Å². The quantitative estimate of drug-likeness (QED) is 0.312. The first-order chi connectivity index (χ1) is 19.4. The van der Waals surface area contributed by atoms with Crippen molar-refractivity contribution in [3.8, 4) is 34.0 Å². The topological polar surface area (TPSA) is 113 Å². The van der Waals surface area contributed by atoms with Gasteiger partial charge in [0.05, 0.1) is 30.7 Å². The number of pyridine rings is 2. The maximum absolute atomic E-state index is 13.8. The summed E-state index contributed by atoms with van der Waals surface area (Å²) in [5, 5.41) is 8.76. The Morgan fingerprint density at radius 3 is 2.33 bits per heavy atom. The molecular formula is C29H30N6O4S. The van der Waals surface area contributed by atoms with Crippen LogP contribution in [0.25, 0.3) is 33.3 Å². The minimum absolute atomic E-state index is 0.185. The van der Waals surface area contributed by atoms with Gasteiger partial charge in [-0.3, -0.25) is 4.68 Å². The number of methoxy groups -OCH3 is 2. The zero-order valence-electron chi connectivity index (χ0n) is 22.5. The summed E-state index contributed by atoms with van der Waals surface area (Å²) in [4.78, 5) is 9.21. The molecule has 0 spiro atoms. The number of rotatable bonds is 7. The average molecular weight is 559 g/mol. The van der Waals surface area contributed by atoms with Gasteiger partial charge in [0.15, 0.2) is 5.65 Å². The van der Waals surface area contributed by atoms with Gasteiger partial charge in [-0.15, -0.1) is 5.10 Å². The highest BCUT2D eigenvalue weighted by Crippen LogP contribution is 2.37. The van der Waals surface area contributed by atoms with E-state index in [9.17, 15) is 8.42 Å². The second-order valence-corrected chi connectivity index (χ2v) is 11.7. The normalized spacial score (nSPS) is 14.5. The van der Waals surface area contributed by atoms with E-state index in [1.54, 1.807) is 63.1 Å². The number of aryl methyl sites for hydroxylation is 1. The first kappa shape index (κ1) is 26.0. The summed E-state index contributed by atoms with van der Waals surface area (Å²) in [5.74, 6) is 0.965. The number of piperidine rings is 1. The van der Waals surface area contributed by atoms with Crippen LogP contribution in [0, 0.1) is 6.92 Å². The van der Waals surface area contributed by atoms with Gasteiger partial charge in [-0.05, 0) is 57.1 Å². The van der Waals surface area contributed by atoms with Gasteiger partial charge in [0.1, 0.15) is 0 Å². The van der Waals surface area contributed by atoms with Gasteiger partial charge in [-0.1, -0.05) is 17.7 Å². The molecule has 11 heteroatoms. The number of nitrogens with one attached hydrogen (secondary N) is 1. The SMILES string of the molecule is COc1ccc(-c2cn(S(=O)(=O)c3ccc(C)cc3)c3ncc(-c4cn(C5CCNCC5)nc4OC)cc23)cn1. The van der Waals surface area contributed by atoms with Crippen molar-refractivity contribution in [1.82, 2.24) is 29.0 Å². The Bertz CT molecular complexity index is 1770. The van der Waals surface area contributed by atoms with Crippen LogP contribution >= 0.6 is 0 Å². The van der Waals surface area contributed by atoms with Gasteiger partial charge >= 0.3 is 0 Å². The van der Waals surface area contributed by atoms with Crippen LogP contribution in [0.1, 0.15) is 24.4 Å². The number of aromatic nitrogens is 5. The molecule has 1 aromatic carbocycles. The fourth-order valence-electron chi connectivity index (χ4n) is 5.11. The Balaban J connectivity index is 1.52. The molecule has 0 atom stereocenters. The number of ether oxygens (including phenoxy) is 2.